The predicted molar refractivity (Wildman–Crippen MR) is 114 cm³/mol. The largest absolute Gasteiger partial charge is 0.478 e. The Labute approximate surface area is 171 Å². The second kappa shape index (κ2) is 8.64. The van der Waals surface area contributed by atoms with Crippen LogP contribution in [0.25, 0.3) is 5.69 Å². The van der Waals surface area contributed by atoms with Crippen LogP contribution in [0, 0.1) is 6.92 Å². The van der Waals surface area contributed by atoms with Gasteiger partial charge in [0.2, 0.25) is 0 Å². The van der Waals surface area contributed by atoms with Crippen LogP contribution in [0.2, 0.25) is 5.15 Å². The molecule has 3 N–H and O–H groups in total. The van der Waals surface area contributed by atoms with Crippen LogP contribution in [0.4, 0.5) is 5.69 Å². The lowest BCUT2D eigenvalue weighted by molar-refractivity contribution is 0.0697. The first-order chi connectivity index (χ1) is 13.5. The fourth-order valence-electron chi connectivity index (χ4n) is 2.44. The molecule has 0 spiro atoms. The van der Waals surface area contributed by atoms with Crippen molar-refractivity contribution in [2.24, 2.45) is 5.10 Å². The number of aromatic carboxylic acids is 1. The van der Waals surface area contributed by atoms with Gasteiger partial charge in [-0.2, -0.15) is 10.2 Å². The number of nitrogens with zero attached hydrogens (tertiary/aromatic N) is 3. The molecule has 0 radical (unpaired) electrons. The van der Waals surface area contributed by atoms with E-state index in [4.69, 9.17) is 28.9 Å². The van der Waals surface area contributed by atoms with Crippen molar-refractivity contribution in [2.45, 2.75) is 6.92 Å². The fourth-order valence-corrected chi connectivity index (χ4v) is 2.93. The Morgan fingerprint density at radius 1 is 1.25 bits per heavy atom. The van der Waals surface area contributed by atoms with Crippen LogP contribution in [-0.4, -0.2) is 32.2 Å². The standard InChI is InChI=1S/C19H16ClN5O2S/c1-12-16(17(20)25(24-12)15-8-3-2-4-9-15)11-21-23-19(28)22-14-7-5-6-13(10-14)18(26)27/h2-11H,1H3,(H,26,27)(H2,22,23,28)/b21-11-. The molecule has 0 saturated heterocycles. The van der Waals surface area contributed by atoms with E-state index in [0.29, 0.717) is 22.1 Å². The van der Waals surface area contributed by atoms with Gasteiger partial charge in [-0.1, -0.05) is 35.9 Å². The molecule has 0 unspecified atom stereocenters. The van der Waals surface area contributed by atoms with Gasteiger partial charge in [-0.25, -0.2) is 9.48 Å². The van der Waals surface area contributed by atoms with Crippen LogP contribution >= 0.6 is 23.8 Å². The van der Waals surface area contributed by atoms with Gasteiger partial charge in [-0.15, -0.1) is 0 Å². The van der Waals surface area contributed by atoms with Gasteiger partial charge in [0.05, 0.1) is 28.7 Å². The number of para-hydroxylation sites is 1. The summed E-state index contributed by atoms with van der Waals surface area (Å²) in [5.74, 6) is -1.01. The molecule has 0 bridgehead atoms. The number of halogens is 1. The number of hydrazone groups is 1. The summed E-state index contributed by atoms with van der Waals surface area (Å²) in [5.41, 5.74) is 5.60. The van der Waals surface area contributed by atoms with Crippen molar-refractivity contribution >= 4 is 46.8 Å². The average Bonchev–Trinajstić information content (AvgIpc) is 2.97. The highest BCUT2D eigenvalue weighted by Crippen LogP contribution is 2.21. The molecule has 142 valence electrons. The molecule has 3 rings (SSSR count). The maximum Gasteiger partial charge on any atom is 0.335 e. The van der Waals surface area contributed by atoms with E-state index in [2.05, 4.69) is 20.9 Å². The first kappa shape index (κ1) is 19.5. The van der Waals surface area contributed by atoms with Crippen LogP contribution in [-0.2, 0) is 0 Å². The molecule has 0 atom stereocenters. The molecule has 1 aromatic heterocycles. The van der Waals surface area contributed by atoms with Gasteiger partial charge in [0.1, 0.15) is 5.15 Å². The number of carbonyl (C=O) groups is 1. The molecule has 0 aliphatic rings. The number of rotatable bonds is 5. The normalized spacial score (nSPS) is 10.8. The molecule has 0 aliphatic carbocycles. The van der Waals surface area contributed by atoms with E-state index < -0.39 is 5.97 Å². The van der Waals surface area contributed by atoms with Gasteiger partial charge in [0, 0.05) is 5.69 Å². The third-order valence-corrected chi connectivity index (χ3v) is 4.33. The SMILES string of the molecule is Cc1nn(-c2ccccc2)c(Cl)c1/C=N\NC(=S)Nc1cccc(C(=O)O)c1. The molecule has 0 aliphatic heterocycles. The van der Waals surface area contributed by atoms with E-state index in [-0.39, 0.29) is 10.7 Å². The number of aryl methyl sites for hydroxylation is 1. The van der Waals surface area contributed by atoms with Gasteiger partial charge >= 0.3 is 5.97 Å². The van der Waals surface area contributed by atoms with E-state index in [1.54, 1.807) is 16.8 Å². The number of carboxylic acid groups (broad SMARTS) is 1. The average molecular weight is 414 g/mol. The highest BCUT2D eigenvalue weighted by Gasteiger charge is 2.13. The summed E-state index contributed by atoms with van der Waals surface area (Å²) in [6.07, 6.45) is 1.53. The first-order valence-corrected chi connectivity index (χ1v) is 8.98. The summed E-state index contributed by atoms with van der Waals surface area (Å²) in [6, 6.07) is 15.8. The summed E-state index contributed by atoms with van der Waals surface area (Å²) in [5, 5.41) is 21.1. The lowest BCUT2D eigenvalue weighted by Crippen LogP contribution is -2.24. The summed E-state index contributed by atoms with van der Waals surface area (Å²) in [6.45, 7) is 1.83. The van der Waals surface area contributed by atoms with Crippen molar-refractivity contribution in [3.63, 3.8) is 0 Å². The van der Waals surface area contributed by atoms with E-state index in [1.807, 2.05) is 37.3 Å². The Kier molecular flexibility index (Phi) is 6.03. The van der Waals surface area contributed by atoms with Gasteiger partial charge in [0.25, 0.3) is 0 Å². The molecule has 1 heterocycles. The smallest absolute Gasteiger partial charge is 0.335 e. The van der Waals surface area contributed by atoms with Gasteiger partial charge in [-0.05, 0) is 49.5 Å². The third kappa shape index (κ3) is 4.54. The molecular weight excluding hydrogens is 398 g/mol. The highest BCUT2D eigenvalue weighted by atomic mass is 35.5. The molecule has 0 amide bonds. The number of nitrogens with one attached hydrogen (secondary N) is 2. The topological polar surface area (TPSA) is 91.5 Å². The zero-order valence-corrected chi connectivity index (χ0v) is 16.3. The Balaban J connectivity index is 1.68. The number of thiocarbonyl (C=S) groups is 1. The van der Waals surface area contributed by atoms with E-state index in [9.17, 15) is 4.79 Å². The fraction of sp³-hybridized carbons (Fsp3) is 0.0526. The Hall–Kier alpha value is -3.23. The van der Waals surface area contributed by atoms with Crippen molar-refractivity contribution in [3.05, 3.63) is 76.6 Å². The summed E-state index contributed by atoms with van der Waals surface area (Å²) in [4.78, 5) is 11.0. The molecule has 7 nitrogen and oxygen atoms in total. The Bertz CT molecular complexity index is 1050. The van der Waals surface area contributed by atoms with E-state index >= 15 is 0 Å². The highest BCUT2D eigenvalue weighted by molar-refractivity contribution is 7.80. The summed E-state index contributed by atoms with van der Waals surface area (Å²) >= 11 is 11.6. The van der Waals surface area contributed by atoms with Crippen molar-refractivity contribution < 1.29 is 9.90 Å². The monoisotopic (exact) mass is 413 g/mol. The number of anilines is 1. The Morgan fingerprint density at radius 3 is 2.71 bits per heavy atom. The number of hydrogen-bond donors (Lipinski definition) is 3. The molecule has 0 saturated carbocycles. The molecule has 2 aromatic carbocycles. The maximum atomic E-state index is 11.0. The maximum absolute atomic E-state index is 11.0. The summed E-state index contributed by atoms with van der Waals surface area (Å²) < 4.78 is 1.63. The minimum absolute atomic E-state index is 0.159. The molecule has 0 fully saturated rings. The van der Waals surface area contributed by atoms with Crippen molar-refractivity contribution in [3.8, 4) is 5.69 Å². The Morgan fingerprint density at radius 2 is 2.00 bits per heavy atom. The minimum atomic E-state index is -1.01. The van der Waals surface area contributed by atoms with Gasteiger partial charge in [-0.3, -0.25) is 5.43 Å². The molecule has 3 aromatic rings. The number of carboxylic acids is 1. The van der Waals surface area contributed by atoms with E-state index in [1.165, 1.54) is 18.3 Å². The number of aromatic nitrogens is 2. The third-order valence-electron chi connectivity index (χ3n) is 3.78. The van der Waals surface area contributed by atoms with Gasteiger partial charge < -0.3 is 10.4 Å². The number of hydrogen-bond acceptors (Lipinski definition) is 4. The predicted octanol–water partition coefficient (Wildman–Crippen LogP) is 3.85. The second-order valence-electron chi connectivity index (χ2n) is 5.75. The van der Waals surface area contributed by atoms with Crippen molar-refractivity contribution in [2.75, 3.05) is 5.32 Å². The minimum Gasteiger partial charge on any atom is -0.478 e. The van der Waals surface area contributed by atoms with Crippen LogP contribution in [0.3, 0.4) is 0 Å². The second-order valence-corrected chi connectivity index (χ2v) is 6.51. The molecular formula is C19H16ClN5O2S. The molecule has 9 heteroatoms. The lowest BCUT2D eigenvalue weighted by atomic mass is 10.2. The quantitative estimate of drug-likeness (QED) is 0.334. The lowest BCUT2D eigenvalue weighted by Gasteiger charge is -2.07. The zero-order chi connectivity index (χ0) is 20.1. The van der Waals surface area contributed by atoms with Crippen LogP contribution in [0.1, 0.15) is 21.6 Å². The van der Waals surface area contributed by atoms with Crippen molar-refractivity contribution in [1.29, 1.82) is 0 Å². The van der Waals surface area contributed by atoms with Crippen LogP contribution in [0.15, 0.2) is 59.7 Å². The number of benzene rings is 2. The van der Waals surface area contributed by atoms with Crippen LogP contribution in [0.5, 0.6) is 0 Å². The van der Waals surface area contributed by atoms with E-state index in [0.717, 1.165) is 5.69 Å². The van der Waals surface area contributed by atoms with Crippen LogP contribution < -0.4 is 10.7 Å². The first-order valence-electron chi connectivity index (χ1n) is 8.19. The van der Waals surface area contributed by atoms with Crippen molar-refractivity contribution in [1.82, 2.24) is 15.2 Å². The zero-order valence-electron chi connectivity index (χ0n) is 14.8. The molecule has 28 heavy (non-hydrogen) atoms. The van der Waals surface area contributed by atoms with Gasteiger partial charge in [0.15, 0.2) is 5.11 Å². The summed E-state index contributed by atoms with van der Waals surface area (Å²) in [7, 11) is 0.